The largest absolute Gasteiger partial charge is 0.462 e. The van der Waals surface area contributed by atoms with Crippen molar-refractivity contribution < 1.29 is 28.6 Å². The molecule has 0 amide bonds. The molecule has 0 N–H and O–H groups in total. The highest BCUT2D eigenvalue weighted by Gasteiger charge is 2.19. The summed E-state index contributed by atoms with van der Waals surface area (Å²) in [7, 11) is 0. The fraction of sp³-hybridized carbons (Fsp3) is 0.747. The first-order valence-corrected chi connectivity index (χ1v) is 34.7. The van der Waals surface area contributed by atoms with Crippen molar-refractivity contribution in [2.45, 2.75) is 348 Å². The lowest BCUT2D eigenvalue weighted by atomic mass is 10.0. The van der Waals surface area contributed by atoms with Gasteiger partial charge < -0.3 is 14.2 Å². The van der Waals surface area contributed by atoms with E-state index >= 15 is 0 Å². The summed E-state index contributed by atoms with van der Waals surface area (Å²) in [6, 6.07) is 0. The molecule has 1 unspecified atom stereocenters. The molecule has 0 bridgehead atoms. The van der Waals surface area contributed by atoms with Crippen molar-refractivity contribution in [3.05, 3.63) is 97.2 Å². The molecule has 0 aromatic rings. The van der Waals surface area contributed by atoms with Gasteiger partial charge in [0.2, 0.25) is 0 Å². The minimum atomic E-state index is -0.788. The van der Waals surface area contributed by atoms with Gasteiger partial charge in [-0.15, -0.1) is 0 Å². The second kappa shape index (κ2) is 68.8. The molecule has 0 saturated carbocycles. The van der Waals surface area contributed by atoms with Crippen molar-refractivity contribution in [1.29, 1.82) is 0 Å². The zero-order valence-electron chi connectivity index (χ0n) is 53.5. The maximum absolute atomic E-state index is 13.0. The fourth-order valence-electron chi connectivity index (χ4n) is 9.88. The van der Waals surface area contributed by atoms with Crippen LogP contribution in [-0.2, 0) is 28.6 Å². The van der Waals surface area contributed by atoms with E-state index in [0.29, 0.717) is 19.3 Å². The molecule has 0 rings (SSSR count). The van der Waals surface area contributed by atoms with Gasteiger partial charge in [0.15, 0.2) is 6.10 Å². The molecular weight excluding hydrogens is 997 g/mol. The average Bonchev–Trinajstić information content (AvgIpc) is 3.47. The Kier molecular flexibility index (Phi) is 65.7. The fourth-order valence-corrected chi connectivity index (χ4v) is 9.88. The lowest BCUT2D eigenvalue weighted by molar-refractivity contribution is -0.167. The summed E-state index contributed by atoms with van der Waals surface area (Å²) in [4.78, 5) is 38.4. The van der Waals surface area contributed by atoms with E-state index in [1.54, 1.807) is 0 Å². The zero-order chi connectivity index (χ0) is 58.5. The van der Waals surface area contributed by atoms with Gasteiger partial charge in [-0.05, 0) is 96.3 Å². The van der Waals surface area contributed by atoms with Crippen LogP contribution in [0.25, 0.3) is 0 Å². The molecule has 0 spiro atoms. The minimum Gasteiger partial charge on any atom is -0.462 e. The number of hydrogen-bond acceptors (Lipinski definition) is 6. The summed E-state index contributed by atoms with van der Waals surface area (Å²) in [5, 5.41) is 0. The zero-order valence-corrected chi connectivity index (χ0v) is 53.5. The van der Waals surface area contributed by atoms with E-state index in [-0.39, 0.29) is 31.1 Å². The number of unbranched alkanes of at least 4 members (excludes halogenated alkanes) is 36. The lowest BCUT2D eigenvalue weighted by Crippen LogP contribution is -2.30. The van der Waals surface area contributed by atoms with Crippen molar-refractivity contribution in [3.8, 4) is 0 Å². The molecule has 0 heterocycles. The van der Waals surface area contributed by atoms with E-state index in [0.717, 1.165) is 122 Å². The van der Waals surface area contributed by atoms with Crippen LogP contribution in [0.5, 0.6) is 0 Å². The highest BCUT2D eigenvalue weighted by atomic mass is 16.6. The minimum absolute atomic E-state index is 0.0840. The molecule has 0 aromatic heterocycles. The Labute approximate surface area is 502 Å². The van der Waals surface area contributed by atoms with Gasteiger partial charge in [0.05, 0.1) is 0 Å². The molecule has 0 aliphatic rings. The van der Waals surface area contributed by atoms with Crippen molar-refractivity contribution in [3.63, 3.8) is 0 Å². The van der Waals surface area contributed by atoms with E-state index < -0.39 is 6.10 Å². The summed E-state index contributed by atoms with van der Waals surface area (Å²) >= 11 is 0. The third kappa shape index (κ3) is 67.0. The highest BCUT2D eigenvalue weighted by Crippen LogP contribution is 2.17. The standard InChI is InChI=1S/C75H130O6/c1-4-7-10-13-16-19-22-25-28-30-32-34-36-37-38-39-40-42-43-45-47-50-53-56-59-62-65-68-74(77)80-71-72(70-79-73(76)67-64-61-58-55-52-49-27-24-21-18-15-12-9-6-3)81-75(78)69-66-63-60-57-54-51-48-46-44-41-35-33-31-29-26-23-20-17-14-11-8-5-2/h7,10,15-16,18-19,24-25,27-28,32,34,37-38,40,42,72H,4-6,8-9,11-14,17,20-23,26,29-31,33,35-36,39,41,43-71H2,1-3H3/b10-7-,18-15-,19-16-,27-24-,28-25-,34-32-,38-37-,42-40-. The van der Waals surface area contributed by atoms with Crippen molar-refractivity contribution in [2.24, 2.45) is 0 Å². The van der Waals surface area contributed by atoms with E-state index in [2.05, 4.69) is 118 Å². The molecule has 0 aromatic carbocycles. The van der Waals surface area contributed by atoms with Gasteiger partial charge in [-0.2, -0.15) is 0 Å². The van der Waals surface area contributed by atoms with Gasteiger partial charge in [-0.3, -0.25) is 14.4 Å². The van der Waals surface area contributed by atoms with Crippen LogP contribution in [0, 0.1) is 0 Å². The van der Waals surface area contributed by atoms with Gasteiger partial charge >= 0.3 is 17.9 Å². The van der Waals surface area contributed by atoms with Crippen LogP contribution in [-0.4, -0.2) is 37.2 Å². The van der Waals surface area contributed by atoms with Gasteiger partial charge in [0.1, 0.15) is 13.2 Å². The molecule has 0 aliphatic heterocycles. The molecular formula is C75H130O6. The van der Waals surface area contributed by atoms with Crippen molar-refractivity contribution in [2.75, 3.05) is 13.2 Å². The van der Waals surface area contributed by atoms with E-state index in [1.165, 1.54) is 180 Å². The van der Waals surface area contributed by atoms with E-state index in [4.69, 9.17) is 14.2 Å². The quantitative estimate of drug-likeness (QED) is 0.0261. The molecule has 6 heteroatoms. The Morgan fingerprint density at radius 2 is 0.494 bits per heavy atom. The average molecular weight is 1130 g/mol. The maximum atomic E-state index is 13.0. The molecule has 0 radical (unpaired) electrons. The maximum Gasteiger partial charge on any atom is 0.306 e. The number of rotatable bonds is 63. The predicted octanol–water partition coefficient (Wildman–Crippen LogP) is 24.0. The number of esters is 3. The molecule has 6 nitrogen and oxygen atoms in total. The van der Waals surface area contributed by atoms with E-state index in [1.807, 2.05) is 0 Å². The Hall–Kier alpha value is -3.67. The van der Waals surface area contributed by atoms with Crippen LogP contribution in [0.4, 0.5) is 0 Å². The third-order valence-corrected chi connectivity index (χ3v) is 15.1. The van der Waals surface area contributed by atoms with Crippen LogP contribution in [0.3, 0.4) is 0 Å². The Bertz CT molecular complexity index is 1580. The first kappa shape index (κ1) is 77.3. The van der Waals surface area contributed by atoms with Crippen LogP contribution in [0.15, 0.2) is 97.2 Å². The molecule has 1 atom stereocenters. The second-order valence-electron chi connectivity index (χ2n) is 23.1. The van der Waals surface area contributed by atoms with Gasteiger partial charge in [-0.1, -0.05) is 323 Å². The summed E-state index contributed by atoms with van der Waals surface area (Å²) in [5.74, 6) is -0.889. The van der Waals surface area contributed by atoms with E-state index in [9.17, 15) is 14.4 Å². The summed E-state index contributed by atoms with van der Waals surface area (Å²) in [6.45, 7) is 6.51. The van der Waals surface area contributed by atoms with Crippen molar-refractivity contribution >= 4 is 17.9 Å². The van der Waals surface area contributed by atoms with Gasteiger partial charge in [0.25, 0.3) is 0 Å². The lowest BCUT2D eigenvalue weighted by Gasteiger charge is -2.18. The number of ether oxygens (including phenoxy) is 3. The van der Waals surface area contributed by atoms with Crippen LogP contribution >= 0.6 is 0 Å². The number of carbonyl (C=O) groups excluding carboxylic acids is 3. The molecule has 0 fully saturated rings. The SMILES string of the molecule is CC/C=C\C/C=C\C/C=C\C/C=C\C/C=C\C/C=C\CCCCCCCCCCC(=O)OCC(COC(=O)CCCCCCC/C=C\C/C=C\CCCC)OC(=O)CCCCCCCCCCCCCCCCCCCCCCCC. The Morgan fingerprint density at radius 1 is 0.259 bits per heavy atom. The number of hydrogen-bond donors (Lipinski definition) is 0. The second-order valence-corrected chi connectivity index (χ2v) is 23.1. The molecule has 81 heavy (non-hydrogen) atoms. The van der Waals surface area contributed by atoms with Crippen LogP contribution < -0.4 is 0 Å². The first-order chi connectivity index (χ1) is 40.0. The molecule has 0 saturated heterocycles. The van der Waals surface area contributed by atoms with Gasteiger partial charge in [0, 0.05) is 19.3 Å². The Balaban J connectivity index is 4.33. The Morgan fingerprint density at radius 3 is 0.790 bits per heavy atom. The predicted molar refractivity (Wildman–Crippen MR) is 353 cm³/mol. The van der Waals surface area contributed by atoms with Crippen LogP contribution in [0.1, 0.15) is 342 Å². The number of allylic oxidation sites excluding steroid dienone is 16. The molecule has 0 aliphatic carbocycles. The van der Waals surface area contributed by atoms with Gasteiger partial charge in [-0.25, -0.2) is 0 Å². The van der Waals surface area contributed by atoms with Crippen LogP contribution in [0.2, 0.25) is 0 Å². The van der Waals surface area contributed by atoms with Crippen molar-refractivity contribution in [1.82, 2.24) is 0 Å². The summed E-state index contributed by atoms with van der Waals surface area (Å²) < 4.78 is 17.0. The third-order valence-electron chi connectivity index (χ3n) is 15.1. The number of carbonyl (C=O) groups is 3. The first-order valence-electron chi connectivity index (χ1n) is 34.7. The summed E-state index contributed by atoms with van der Waals surface area (Å²) in [6.07, 6.45) is 92.8. The topological polar surface area (TPSA) is 78.9 Å². The molecule has 466 valence electrons. The normalized spacial score (nSPS) is 12.7. The monoisotopic (exact) mass is 1130 g/mol. The highest BCUT2D eigenvalue weighted by molar-refractivity contribution is 5.71. The smallest absolute Gasteiger partial charge is 0.306 e. The summed E-state index contributed by atoms with van der Waals surface area (Å²) in [5.41, 5.74) is 0.